The van der Waals surface area contributed by atoms with E-state index in [4.69, 9.17) is 4.42 Å². The molecule has 0 saturated carbocycles. The molecule has 0 aromatic carbocycles. The van der Waals surface area contributed by atoms with Crippen molar-refractivity contribution in [3.05, 3.63) is 29.2 Å². The normalized spacial score (nSPS) is 10.6. The molecule has 0 radical (unpaired) electrons. The summed E-state index contributed by atoms with van der Waals surface area (Å²) in [5.74, 6) is 1.93. The molecule has 0 saturated heterocycles. The summed E-state index contributed by atoms with van der Waals surface area (Å²) in [5.41, 5.74) is 1.94. The highest BCUT2D eigenvalue weighted by Gasteiger charge is 2.07. The molecule has 96 valence electrons. The lowest BCUT2D eigenvalue weighted by molar-refractivity contribution is 0.478. The average molecular weight is 247 g/mol. The topological polar surface area (TPSA) is 76.7 Å². The second-order valence-electron chi connectivity index (χ2n) is 3.95. The highest BCUT2D eigenvalue weighted by Crippen LogP contribution is 2.08. The van der Waals surface area contributed by atoms with Gasteiger partial charge in [0.25, 0.3) is 0 Å². The molecule has 2 rings (SSSR count). The first-order chi connectivity index (χ1) is 8.72. The van der Waals surface area contributed by atoms with Crippen molar-refractivity contribution >= 4 is 5.95 Å². The Morgan fingerprint density at radius 3 is 2.56 bits per heavy atom. The minimum absolute atomic E-state index is 0.462. The molecule has 1 N–H and O–H groups in total. The predicted molar refractivity (Wildman–Crippen MR) is 67.1 cm³/mol. The Morgan fingerprint density at radius 2 is 1.94 bits per heavy atom. The summed E-state index contributed by atoms with van der Waals surface area (Å²) in [6, 6.07) is 0. The Labute approximate surface area is 106 Å². The van der Waals surface area contributed by atoms with Crippen molar-refractivity contribution in [3.8, 4) is 0 Å². The van der Waals surface area contributed by atoms with Crippen LogP contribution in [0.5, 0.6) is 0 Å². The molecular weight excluding hydrogens is 230 g/mol. The SMILES string of the molecule is CCc1nnc(NCc2ncc(C)o2)nc1CC. The number of aryl methyl sites for hydroxylation is 3. The van der Waals surface area contributed by atoms with Crippen LogP contribution < -0.4 is 5.32 Å². The minimum Gasteiger partial charge on any atom is -0.444 e. The quantitative estimate of drug-likeness (QED) is 0.869. The van der Waals surface area contributed by atoms with Gasteiger partial charge >= 0.3 is 0 Å². The monoisotopic (exact) mass is 247 g/mol. The van der Waals surface area contributed by atoms with Crippen LogP contribution in [0.3, 0.4) is 0 Å². The van der Waals surface area contributed by atoms with Gasteiger partial charge in [0.1, 0.15) is 5.76 Å². The van der Waals surface area contributed by atoms with Gasteiger partial charge in [-0.1, -0.05) is 13.8 Å². The molecule has 0 fully saturated rings. The van der Waals surface area contributed by atoms with E-state index >= 15 is 0 Å². The molecule has 0 amide bonds. The Bertz CT molecular complexity index is 523. The van der Waals surface area contributed by atoms with E-state index in [-0.39, 0.29) is 0 Å². The van der Waals surface area contributed by atoms with Crippen LogP contribution in [0.1, 0.15) is 36.9 Å². The highest BCUT2D eigenvalue weighted by atomic mass is 16.4. The van der Waals surface area contributed by atoms with Crippen LogP contribution in [0, 0.1) is 6.92 Å². The smallest absolute Gasteiger partial charge is 0.243 e. The van der Waals surface area contributed by atoms with E-state index in [1.165, 1.54) is 0 Å². The largest absolute Gasteiger partial charge is 0.444 e. The molecule has 0 bridgehead atoms. The van der Waals surface area contributed by atoms with Crippen molar-refractivity contribution in [2.45, 2.75) is 40.2 Å². The molecule has 6 nitrogen and oxygen atoms in total. The number of hydrogen-bond donors (Lipinski definition) is 1. The molecule has 0 unspecified atom stereocenters. The minimum atomic E-state index is 0.462. The molecule has 0 aliphatic carbocycles. The van der Waals surface area contributed by atoms with Gasteiger partial charge < -0.3 is 9.73 Å². The van der Waals surface area contributed by atoms with Gasteiger partial charge in [-0.05, 0) is 19.8 Å². The lowest BCUT2D eigenvalue weighted by atomic mass is 10.2. The van der Waals surface area contributed by atoms with Crippen LogP contribution in [-0.4, -0.2) is 20.2 Å². The number of oxazole rings is 1. The van der Waals surface area contributed by atoms with Crippen molar-refractivity contribution in [2.24, 2.45) is 0 Å². The third-order valence-corrected chi connectivity index (χ3v) is 2.58. The second kappa shape index (κ2) is 5.57. The van der Waals surface area contributed by atoms with Crippen LogP contribution in [0.4, 0.5) is 5.95 Å². The Morgan fingerprint density at radius 1 is 1.17 bits per heavy atom. The fourth-order valence-electron chi connectivity index (χ4n) is 1.65. The molecule has 2 aromatic rings. The molecule has 2 heterocycles. The van der Waals surface area contributed by atoms with Gasteiger partial charge in [-0.2, -0.15) is 5.10 Å². The van der Waals surface area contributed by atoms with Crippen LogP contribution in [0.2, 0.25) is 0 Å². The summed E-state index contributed by atoms with van der Waals surface area (Å²) in [4.78, 5) is 8.53. The molecule has 0 aliphatic heterocycles. The van der Waals surface area contributed by atoms with Crippen molar-refractivity contribution in [2.75, 3.05) is 5.32 Å². The summed E-state index contributed by atoms with van der Waals surface area (Å²) in [6.45, 7) is 6.43. The second-order valence-corrected chi connectivity index (χ2v) is 3.95. The number of aromatic nitrogens is 4. The first-order valence-electron chi connectivity index (χ1n) is 6.10. The third kappa shape index (κ3) is 2.82. The van der Waals surface area contributed by atoms with E-state index in [9.17, 15) is 0 Å². The van der Waals surface area contributed by atoms with E-state index in [1.807, 2.05) is 13.8 Å². The molecule has 0 aliphatic rings. The summed E-state index contributed by atoms with van der Waals surface area (Å²) < 4.78 is 5.36. The number of nitrogens with one attached hydrogen (secondary N) is 1. The van der Waals surface area contributed by atoms with Gasteiger partial charge in [-0.25, -0.2) is 9.97 Å². The van der Waals surface area contributed by atoms with Crippen molar-refractivity contribution in [3.63, 3.8) is 0 Å². The lowest BCUT2D eigenvalue weighted by Crippen LogP contribution is -2.09. The van der Waals surface area contributed by atoms with E-state index in [2.05, 4.69) is 32.4 Å². The summed E-state index contributed by atoms with van der Waals surface area (Å²) in [7, 11) is 0. The predicted octanol–water partition coefficient (Wildman–Crippen LogP) is 1.90. The molecule has 18 heavy (non-hydrogen) atoms. The van der Waals surface area contributed by atoms with Gasteiger partial charge in [0.15, 0.2) is 0 Å². The standard InChI is InChI=1S/C12H17N5O/c1-4-9-10(5-2)16-17-12(15-9)14-7-11-13-6-8(3)18-11/h6H,4-5,7H2,1-3H3,(H,14,15,17). The van der Waals surface area contributed by atoms with Crippen molar-refractivity contribution in [1.29, 1.82) is 0 Å². The molecular formula is C12H17N5O. The first-order valence-corrected chi connectivity index (χ1v) is 6.10. The van der Waals surface area contributed by atoms with Gasteiger partial charge in [0.05, 0.1) is 24.1 Å². The molecule has 2 aromatic heterocycles. The number of anilines is 1. The average Bonchev–Trinajstić information content (AvgIpc) is 2.81. The van der Waals surface area contributed by atoms with Gasteiger partial charge in [-0.15, -0.1) is 5.10 Å². The van der Waals surface area contributed by atoms with Gasteiger partial charge in [0, 0.05) is 0 Å². The maximum Gasteiger partial charge on any atom is 0.243 e. The molecule has 0 atom stereocenters. The number of nitrogens with zero attached hydrogens (tertiary/aromatic N) is 4. The van der Waals surface area contributed by atoms with Gasteiger partial charge in [-0.3, -0.25) is 0 Å². The summed E-state index contributed by atoms with van der Waals surface area (Å²) in [6.07, 6.45) is 3.39. The zero-order valence-corrected chi connectivity index (χ0v) is 10.9. The van der Waals surface area contributed by atoms with E-state index in [0.717, 1.165) is 30.0 Å². The van der Waals surface area contributed by atoms with E-state index < -0.39 is 0 Å². The maximum absolute atomic E-state index is 5.36. The highest BCUT2D eigenvalue weighted by molar-refractivity contribution is 5.25. The zero-order valence-electron chi connectivity index (χ0n) is 10.9. The Hall–Kier alpha value is -1.98. The zero-order chi connectivity index (χ0) is 13.0. The molecule has 0 spiro atoms. The first kappa shape index (κ1) is 12.5. The Balaban J connectivity index is 2.05. The fourth-order valence-corrected chi connectivity index (χ4v) is 1.65. The van der Waals surface area contributed by atoms with Crippen molar-refractivity contribution in [1.82, 2.24) is 20.2 Å². The van der Waals surface area contributed by atoms with E-state index in [0.29, 0.717) is 18.4 Å². The lowest BCUT2D eigenvalue weighted by Gasteiger charge is -2.06. The number of rotatable bonds is 5. The third-order valence-electron chi connectivity index (χ3n) is 2.58. The van der Waals surface area contributed by atoms with Crippen LogP contribution in [-0.2, 0) is 19.4 Å². The number of hydrogen-bond acceptors (Lipinski definition) is 6. The molecule has 6 heteroatoms. The summed E-state index contributed by atoms with van der Waals surface area (Å²) in [5, 5.41) is 11.3. The van der Waals surface area contributed by atoms with Crippen LogP contribution in [0.15, 0.2) is 10.6 Å². The summed E-state index contributed by atoms with van der Waals surface area (Å²) >= 11 is 0. The van der Waals surface area contributed by atoms with Crippen molar-refractivity contribution < 1.29 is 4.42 Å². The Kier molecular flexibility index (Phi) is 3.86. The van der Waals surface area contributed by atoms with Crippen LogP contribution >= 0.6 is 0 Å². The van der Waals surface area contributed by atoms with E-state index in [1.54, 1.807) is 6.20 Å². The fraction of sp³-hybridized carbons (Fsp3) is 0.500. The maximum atomic E-state index is 5.36. The van der Waals surface area contributed by atoms with Crippen LogP contribution in [0.25, 0.3) is 0 Å². The van der Waals surface area contributed by atoms with Gasteiger partial charge in [0.2, 0.25) is 11.8 Å².